The number of nitrogens with zero attached hydrogens (tertiary/aromatic N) is 3. The standard InChI is InChI=1S/C12H19BrClN3O/c1-4-17(5-2)7-6-10-15-9(8-18-3)11(13)12(14)16-10/h4-8H2,1-3H3. The third-order valence-electron chi connectivity index (χ3n) is 2.75. The molecule has 0 unspecified atom stereocenters. The van der Waals surface area contributed by atoms with Crippen molar-refractivity contribution in [3.05, 3.63) is 21.1 Å². The van der Waals surface area contributed by atoms with E-state index in [1.165, 1.54) is 0 Å². The third-order valence-corrected chi connectivity index (χ3v) is 4.09. The summed E-state index contributed by atoms with van der Waals surface area (Å²) in [6.45, 7) is 7.74. The van der Waals surface area contributed by atoms with Crippen LogP contribution in [0.25, 0.3) is 0 Å². The van der Waals surface area contributed by atoms with Crippen LogP contribution < -0.4 is 0 Å². The largest absolute Gasteiger partial charge is 0.378 e. The molecule has 0 fully saturated rings. The number of hydrogen-bond acceptors (Lipinski definition) is 4. The van der Waals surface area contributed by atoms with Crippen LogP contribution in [-0.2, 0) is 17.8 Å². The molecule has 0 atom stereocenters. The molecule has 0 saturated heterocycles. The van der Waals surface area contributed by atoms with Crippen LogP contribution in [0, 0.1) is 0 Å². The SMILES string of the molecule is CCN(CC)CCc1nc(Cl)c(Br)c(COC)n1. The molecular formula is C12H19BrClN3O. The van der Waals surface area contributed by atoms with Gasteiger partial charge in [0.2, 0.25) is 0 Å². The van der Waals surface area contributed by atoms with Gasteiger partial charge in [-0.1, -0.05) is 25.4 Å². The smallest absolute Gasteiger partial charge is 0.147 e. The first-order valence-corrected chi connectivity index (χ1v) is 7.21. The Balaban J connectivity index is 2.77. The number of methoxy groups -OCH3 is 1. The molecule has 0 N–H and O–H groups in total. The fourth-order valence-corrected chi connectivity index (χ4v) is 2.15. The fourth-order valence-electron chi connectivity index (χ4n) is 1.65. The Hall–Kier alpha value is -0.230. The van der Waals surface area contributed by atoms with E-state index in [0.29, 0.717) is 11.8 Å². The van der Waals surface area contributed by atoms with E-state index < -0.39 is 0 Å². The third kappa shape index (κ3) is 4.46. The summed E-state index contributed by atoms with van der Waals surface area (Å²) >= 11 is 9.45. The summed E-state index contributed by atoms with van der Waals surface area (Å²) in [6.07, 6.45) is 0.797. The summed E-state index contributed by atoms with van der Waals surface area (Å²) < 4.78 is 5.82. The van der Waals surface area contributed by atoms with Gasteiger partial charge in [0.1, 0.15) is 11.0 Å². The van der Waals surface area contributed by atoms with Gasteiger partial charge >= 0.3 is 0 Å². The van der Waals surface area contributed by atoms with E-state index >= 15 is 0 Å². The Morgan fingerprint density at radius 1 is 1.28 bits per heavy atom. The topological polar surface area (TPSA) is 38.2 Å². The molecule has 1 rings (SSSR count). The molecule has 0 radical (unpaired) electrons. The summed E-state index contributed by atoms with van der Waals surface area (Å²) in [5, 5.41) is 0.451. The van der Waals surface area contributed by atoms with Gasteiger partial charge in [-0.2, -0.15) is 0 Å². The second-order valence-electron chi connectivity index (χ2n) is 3.90. The highest BCUT2D eigenvalue weighted by atomic mass is 79.9. The summed E-state index contributed by atoms with van der Waals surface area (Å²) in [4.78, 5) is 11.1. The van der Waals surface area contributed by atoms with E-state index in [4.69, 9.17) is 16.3 Å². The molecule has 18 heavy (non-hydrogen) atoms. The van der Waals surface area contributed by atoms with E-state index in [0.717, 1.165) is 42.0 Å². The Morgan fingerprint density at radius 2 is 1.94 bits per heavy atom. The Morgan fingerprint density at radius 3 is 2.50 bits per heavy atom. The second kappa shape index (κ2) is 8.04. The summed E-state index contributed by atoms with van der Waals surface area (Å²) in [5.41, 5.74) is 0.798. The minimum Gasteiger partial charge on any atom is -0.378 e. The molecule has 0 aromatic carbocycles. The molecule has 0 saturated carbocycles. The zero-order valence-electron chi connectivity index (χ0n) is 11.0. The normalized spacial score (nSPS) is 11.2. The molecule has 0 aliphatic rings. The first-order chi connectivity index (χ1) is 8.62. The van der Waals surface area contributed by atoms with Crippen molar-refractivity contribution in [2.24, 2.45) is 0 Å². The van der Waals surface area contributed by atoms with E-state index in [1.54, 1.807) is 7.11 Å². The van der Waals surface area contributed by atoms with E-state index in [2.05, 4.69) is 44.6 Å². The van der Waals surface area contributed by atoms with Gasteiger partial charge in [-0.05, 0) is 29.0 Å². The highest BCUT2D eigenvalue weighted by Crippen LogP contribution is 2.24. The van der Waals surface area contributed by atoms with Crippen LogP contribution in [0.2, 0.25) is 5.15 Å². The number of ether oxygens (including phenoxy) is 1. The van der Waals surface area contributed by atoms with Crippen LogP contribution in [0.5, 0.6) is 0 Å². The summed E-state index contributed by atoms with van der Waals surface area (Å²) in [6, 6.07) is 0. The van der Waals surface area contributed by atoms with Crippen molar-refractivity contribution < 1.29 is 4.74 Å². The number of likely N-dealkylation sites (N-methyl/N-ethyl adjacent to an activating group) is 1. The molecule has 1 heterocycles. The van der Waals surface area contributed by atoms with Gasteiger partial charge in [0.25, 0.3) is 0 Å². The first kappa shape index (κ1) is 15.8. The molecule has 0 aliphatic carbocycles. The highest BCUT2D eigenvalue weighted by molar-refractivity contribution is 9.10. The summed E-state index contributed by atoms with van der Waals surface area (Å²) in [7, 11) is 1.64. The molecule has 0 aliphatic heterocycles. The van der Waals surface area contributed by atoms with Gasteiger partial charge < -0.3 is 9.64 Å². The average Bonchev–Trinajstić information content (AvgIpc) is 2.36. The molecule has 0 bridgehead atoms. The van der Waals surface area contributed by atoms with E-state index in [1.807, 2.05) is 0 Å². The first-order valence-electron chi connectivity index (χ1n) is 6.04. The number of halogens is 2. The lowest BCUT2D eigenvalue weighted by Gasteiger charge is -2.17. The Kier molecular flexibility index (Phi) is 7.07. The molecule has 4 nitrogen and oxygen atoms in total. The number of aromatic nitrogens is 2. The molecule has 1 aromatic heterocycles. The van der Waals surface area contributed by atoms with Crippen molar-refractivity contribution in [2.75, 3.05) is 26.7 Å². The van der Waals surface area contributed by atoms with Gasteiger partial charge in [0, 0.05) is 20.1 Å². The van der Waals surface area contributed by atoms with Crippen molar-refractivity contribution in [1.29, 1.82) is 0 Å². The predicted octanol–water partition coefficient (Wildman–Crippen LogP) is 2.92. The lowest BCUT2D eigenvalue weighted by molar-refractivity contribution is 0.180. The van der Waals surface area contributed by atoms with Gasteiger partial charge in [0.05, 0.1) is 16.8 Å². The van der Waals surface area contributed by atoms with Crippen LogP contribution in [0.15, 0.2) is 4.47 Å². The molecule has 0 spiro atoms. The predicted molar refractivity (Wildman–Crippen MR) is 76.9 cm³/mol. The zero-order valence-corrected chi connectivity index (χ0v) is 13.4. The molecule has 1 aromatic rings. The highest BCUT2D eigenvalue weighted by Gasteiger charge is 2.11. The fraction of sp³-hybridized carbons (Fsp3) is 0.667. The maximum Gasteiger partial charge on any atom is 0.147 e. The molecule has 0 amide bonds. The van der Waals surface area contributed by atoms with Crippen molar-refractivity contribution in [3.63, 3.8) is 0 Å². The maximum absolute atomic E-state index is 6.07. The average molecular weight is 337 g/mol. The van der Waals surface area contributed by atoms with Crippen molar-refractivity contribution >= 4 is 27.5 Å². The van der Waals surface area contributed by atoms with Crippen LogP contribution in [0.3, 0.4) is 0 Å². The van der Waals surface area contributed by atoms with Crippen LogP contribution >= 0.6 is 27.5 Å². The van der Waals surface area contributed by atoms with Crippen LogP contribution in [0.1, 0.15) is 25.4 Å². The monoisotopic (exact) mass is 335 g/mol. The second-order valence-corrected chi connectivity index (χ2v) is 5.05. The minimum atomic E-state index is 0.432. The lowest BCUT2D eigenvalue weighted by Crippen LogP contribution is -2.26. The van der Waals surface area contributed by atoms with Crippen LogP contribution in [-0.4, -0.2) is 41.6 Å². The molecule has 102 valence electrons. The zero-order chi connectivity index (χ0) is 13.5. The van der Waals surface area contributed by atoms with Crippen molar-refractivity contribution in [1.82, 2.24) is 14.9 Å². The van der Waals surface area contributed by atoms with E-state index in [9.17, 15) is 0 Å². The van der Waals surface area contributed by atoms with Crippen molar-refractivity contribution in [2.45, 2.75) is 26.9 Å². The van der Waals surface area contributed by atoms with Gasteiger partial charge in [-0.15, -0.1) is 0 Å². The molecular weight excluding hydrogens is 318 g/mol. The number of rotatable bonds is 7. The molecule has 6 heteroatoms. The Labute approximate surface area is 122 Å². The van der Waals surface area contributed by atoms with E-state index in [-0.39, 0.29) is 0 Å². The van der Waals surface area contributed by atoms with Gasteiger partial charge in [-0.3, -0.25) is 0 Å². The number of hydrogen-bond donors (Lipinski definition) is 0. The minimum absolute atomic E-state index is 0.432. The maximum atomic E-state index is 6.07. The van der Waals surface area contributed by atoms with Crippen molar-refractivity contribution in [3.8, 4) is 0 Å². The lowest BCUT2D eigenvalue weighted by atomic mass is 10.3. The van der Waals surface area contributed by atoms with Crippen LogP contribution in [0.4, 0.5) is 0 Å². The quantitative estimate of drug-likeness (QED) is 0.718. The summed E-state index contributed by atoms with van der Waals surface area (Å²) in [5.74, 6) is 0.766. The van der Waals surface area contributed by atoms with Gasteiger partial charge in [-0.25, -0.2) is 9.97 Å². The Bertz CT molecular complexity index is 386. The van der Waals surface area contributed by atoms with Gasteiger partial charge in [0.15, 0.2) is 0 Å².